The van der Waals surface area contributed by atoms with Crippen molar-refractivity contribution >= 4 is 20.0 Å². The van der Waals surface area contributed by atoms with Crippen LogP contribution < -0.4 is 9.44 Å². The van der Waals surface area contributed by atoms with Gasteiger partial charge in [0.25, 0.3) is 0 Å². The molecule has 0 saturated heterocycles. The second-order valence-electron chi connectivity index (χ2n) is 5.27. The summed E-state index contributed by atoms with van der Waals surface area (Å²) in [5.74, 6) is 0.359. The smallest absolute Gasteiger partial charge is 0.215 e. The summed E-state index contributed by atoms with van der Waals surface area (Å²) < 4.78 is 51.5. The highest BCUT2D eigenvalue weighted by molar-refractivity contribution is 7.89. The first-order chi connectivity index (χ1) is 10.2. The standard InChI is InChI=1S/C14H24N2O4S2/c1-4-21(17,18)15-10-5-11-16-22(19,20)14-8-6-13(7-9-14)12(2)3/h6-9,12,15-16H,4-5,10-11H2,1-3H3. The van der Waals surface area contributed by atoms with E-state index in [4.69, 9.17) is 0 Å². The lowest BCUT2D eigenvalue weighted by Gasteiger charge is -2.09. The van der Waals surface area contributed by atoms with Gasteiger partial charge >= 0.3 is 0 Å². The first-order valence-corrected chi connectivity index (χ1v) is 10.4. The Balaban J connectivity index is 2.51. The van der Waals surface area contributed by atoms with E-state index >= 15 is 0 Å². The van der Waals surface area contributed by atoms with Crippen LogP contribution in [0.25, 0.3) is 0 Å². The molecule has 0 heterocycles. The van der Waals surface area contributed by atoms with Crippen LogP contribution in [0.3, 0.4) is 0 Å². The van der Waals surface area contributed by atoms with Crippen LogP contribution in [0.4, 0.5) is 0 Å². The maximum Gasteiger partial charge on any atom is 0.240 e. The molecular weight excluding hydrogens is 324 g/mol. The Kier molecular flexibility index (Phi) is 6.98. The summed E-state index contributed by atoms with van der Waals surface area (Å²) >= 11 is 0. The lowest BCUT2D eigenvalue weighted by molar-refractivity contribution is 0.573. The third kappa shape index (κ3) is 6.04. The first kappa shape index (κ1) is 19.1. The van der Waals surface area contributed by atoms with E-state index in [1.165, 1.54) is 0 Å². The van der Waals surface area contributed by atoms with Crippen LogP contribution in [0.15, 0.2) is 29.2 Å². The fourth-order valence-electron chi connectivity index (χ4n) is 1.74. The highest BCUT2D eigenvalue weighted by Crippen LogP contribution is 2.17. The van der Waals surface area contributed by atoms with E-state index in [1.807, 2.05) is 13.8 Å². The zero-order chi connectivity index (χ0) is 16.8. The molecule has 1 aromatic carbocycles. The van der Waals surface area contributed by atoms with Gasteiger partial charge < -0.3 is 0 Å². The molecule has 126 valence electrons. The third-order valence-electron chi connectivity index (χ3n) is 3.20. The first-order valence-electron chi connectivity index (χ1n) is 7.25. The third-order valence-corrected chi connectivity index (χ3v) is 6.09. The molecule has 0 aliphatic carbocycles. The van der Waals surface area contributed by atoms with Crippen LogP contribution in [-0.2, 0) is 20.0 Å². The molecule has 0 saturated carbocycles. The molecule has 2 N–H and O–H groups in total. The molecule has 1 aromatic rings. The largest absolute Gasteiger partial charge is 0.240 e. The van der Waals surface area contributed by atoms with Crippen LogP contribution in [0.1, 0.15) is 38.7 Å². The topological polar surface area (TPSA) is 92.3 Å². The van der Waals surface area contributed by atoms with Crippen molar-refractivity contribution in [2.24, 2.45) is 0 Å². The van der Waals surface area contributed by atoms with Crippen molar-refractivity contribution in [3.05, 3.63) is 29.8 Å². The minimum atomic E-state index is -3.55. The van der Waals surface area contributed by atoms with Crippen molar-refractivity contribution in [2.75, 3.05) is 18.8 Å². The zero-order valence-electron chi connectivity index (χ0n) is 13.2. The van der Waals surface area contributed by atoms with E-state index < -0.39 is 20.0 Å². The second-order valence-corrected chi connectivity index (χ2v) is 9.14. The maximum atomic E-state index is 12.1. The number of nitrogens with one attached hydrogen (secondary N) is 2. The van der Waals surface area contributed by atoms with Gasteiger partial charge in [-0.3, -0.25) is 0 Å². The van der Waals surface area contributed by atoms with E-state index in [-0.39, 0.29) is 23.7 Å². The van der Waals surface area contributed by atoms with Crippen molar-refractivity contribution in [1.29, 1.82) is 0 Å². The molecule has 0 radical (unpaired) electrons. The number of benzene rings is 1. The van der Waals surface area contributed by atoms with Gasteiger partial charge in [0.2, 0.25) is 20.0 Å². The minimum absolute atomic E-state index is 0.0148. The Labute approximate surface area is 133 Å². The molecule has 0 atom stereocenters. The van der Waals surface area contributed by atoms with Gasteiger partial charge in [-0.2, -0.15) is 0 Å². The molecule has 0 spiro atoms. The summed E-state index contributed by atoms with van der Waals surface area (Å²) in [6.45, 7) is 6.02. The summed E-state index contributed by atoms with van der Waals surface area (Å²) in [7, 11) is -6.78. The SMILES string of the molecule is CCS(=O)(=O)NCCCNS(=O)(=O)c1ccc(C(C)C)cc1. The highest BCUT2D eigenvalue weighted by atomic mass is 32.2. The molecule has 0 amide bonds. The van der Waals surface area contributed by atoms with Gasteiger partial charge in [-0.25, -0.2) is 26.3 Å². The fourth-order valence-corrected chi connectivity index (χ4v) is 3.47. The van der Waals surface area contributed by atoms with Crippen molar-refractivity contribution in [2.45, 2.75) is 38.0 Å². The van der Waals surface area contributed by atoms with Crippen molar-refractivity contribution in [3.63, 3.8) is 0 Å². The second kappa shape index (κ2) is 8.05. The van der Waals surface area contributed by atoms with Gasteiger partial charge in [0.05, 0.1) is 10.6 Å². The van der Waals surface area contributed by atoms with Gasteiger partial charge in [-0.15, -0.1) is 0 Å². The quantitative estimate of drug-likeness (QED) is 0.660. The van der Waals surface area contributed by atoms with Crippen molar-refractivity contribution in [3.8, 4) is 0 Å². The number of rotatable bonds is 9. The van der Waals surface area contributed by atoms with E-state index in [2.05, 4.69) is 9.44 Å². The zero-order valence-corrected chi connectivity index (χ0v) is 14.8. The molecule has 1 rings (SSSR count). The molecule has 0 unspecified atom stereocenters. The Hall–Kier alpha value is -0.960. The van der Waals surface area contributed by atoms with E-state index in [0.29, 0.717) is 12.3 Å². The van der Waals surface area contributed by atoms with Gasteiger partial charge in [-0.05, 0) is 37.0 Å². The minimum Gasteiger partial charge on any atom is -0.215 e. The van der Waals surface area contributed by atoms with Crippen LogP contribution in [-0.4, -0.2) is 35.7 Å². The van der Waals surface area contributed by atoms with Crippen molar-refractivity contribution < 1.29 is 16.8 Å². The Bertz CT molecular complexity index is 665. The normalized spacial score (nSPS) is 12.7. The van der Waals surface area contributed by atoms with Crippen LogP contribution >= 0.6 is 0 Å². The van der Waals surface area contributed by atoms with Gasteiger partial charge in [0, 0.05) is 13.1 Å². The molecule has 0 bridgehead atoms. The molecule has 22 heavy (non-hydrogen) atoms. The molecule has 0 fully saturated rings. The Morgan fingerprint density at radius 1 is 0.955 bits per heavy atom. The van der Waals surface area contributed by atoms with Crippen LogP contribution in [0, 0.1) is 0 Å². The van der Waals surface area contributed by atoms with Gasteiger partial charge in [0.15, 0.2) is 0 Å². The van der Waals surface area contributed by atoms with Crippen LogP contribution in [0.2, 0.25) is 0 Å². The predicted octanol–water partition coefficient (Wildman–Crippen LogP) is 1.42. The molecule has 0 aliphatic rings. The summed E-state index contributed by atoms with van der Waals surface area (Å²) in [4.78, 5) is 0.214. The average molecular weight is 348 g/mol. The van der Waals surface area contributed by atoms with Gasteiger partial charge in [0.1, 0.15) is 0 Å². The summed E-state index contributed by atoms with van der Waals surface area (Å²) in [6.07, 6.45) is 0.391. The van der Waals surface area contributed by atoms with E-state index in [1.54, 1.807) is 31.2 Å². The summed E-state index contributed by atoms with van der Waals surface area (Å²) in [5, 5.41) is 0. The lowest BCUT2D eigenvalue weighted by Crippen LogP contribution is -2.30. The molecular formula is C14H24N2O4S2. The molecule has 0 aromatic heterocycles. The van der Waals surface area contributed by atoms with Crippen molar-refractivity contribution in [1.82, 2.24) is 9.44 Å². The Morgan fingerprint density at radius 2 is 1.50 bits per heavy atom. The van der Waals surface area contributed by atoms with Crippen LogP contribution in [0.5, 0.6) is 0 Å². The number of hydrogen-bond acceptors (Lipinski definition) is 4. The fraction of sp³-hybridized carbons (Fsp3) is 0.571. The average Bonchev–Trinajstić information content (AvgIpc) is 2.46. The molecule has 0 aliphatic heterocycles. The van der Waals surface area contributed by atoms with Gasteiger partial charge in [-0.1, -0.05) is 26.0 Å². The number of sulfonamides is 2. The molecule has 6 nitrogen and oxygen atoms in total. The molecule has 8 heteroatoms. The summed E-state index contributed by atoms with van der Waals surface area (Å²) in [5.41, 5.74) is 1.08. The highest BCUT2D eigenvalue weighted by Gasteiger charge is 2.13. The van der Waals surface area contributed by atoms with E-state index in [0.717, 1.165) is 5.56 Å². The monoisotopic (exact) mass is 348 g/mol. The number of hydrogen-bond donors (Lipinski definition) is 2. The summed E-state index contributed by atoms with van der Waals surface area (Å²) in [6, 6.07) is 6.76. The lowest BCUT2D eigenvalue weighted by atomic mass is 10.0. The predicted molar refractivity (Wildman–Crippen MR) is 87.8 cm³/mol. The Morgan fingerprint density at radius 3 is 2.00 bits per heavy atom. The van der Waals surface area contributed by atoms with E-state index in [9.17, 15) is 16.8 Å². The maximum absolute atomic E-state index is 12.1.